The van der Waals surface area contributed by atoms with Crippen LogP contribution >= 0.6 is 11.3 Å². The molecule has 0 unspecified atom stereocenters. The van der Waals surface area contributed by atoms with Gasteiger partial charge in [0.1, 0.15) is 0 Å². The number of pyridine rings is 1. The molecule has 0 amide bonds. The van der Waals surface area contributed by atoms with Gasteiger partial charge in [-0.15, -0.1) is 11.3 Å². The maximum Gasteiger partial charge on any atom is 0.259 e. The Hall–Kier alpha value is -3.83. The smallest absolute Gasteiger partial charge is 0.259 e. The van der Waals surface area contributed by atoms with Gasteiger partial charge in [0.15, 0.2) is 4.96 Å². The van der Waals surface area contributed by atoms with Crippen LogP contribution in [0.3, 0.4) is 0 Å². The second-order valence-electron chi connectivity index (χ2n) is 6.82. The number of rotatable bonds is 4. The Morgan fingerprint density at radius 1 is 0.833 bits per heavy atom. The van der Waals surface area contributed by atoms with Crippen molar-refractivity contribution in [2.24, 2.45) is 0 Å². The van der Waals surface area contributed by atoms with Crippen LogP contribution < -0.4 is 5.56 Å². The molecule has 30 heavy (non-hydrogen) atoms. The van der Waals surface area contributed by atoms with Crippen molar-refractivity contribution in [3.05, 3.63) is 112 Å². The number of fused-ring (bicyclic) bond motifs is 1. The van der Waals surface area contributed by atoms with Crippen LogP contribution in [0.2, 0.25) is 0 Å². The Kier molecular flexibility index (Phi) is 4.79. The van der Waals surface area contributed by atoms with Crippen LogP contribution in [0, 0.1) is 0 Å². The number of hydrogen-bond acceptors (Lipinski definition) is 4. The van der Waals surface area contributed by atoms with E-state index in [-0.39, 0.29) is 5.56 Å². The molecule has 0 radical (unpaired) electrons. The van der Waals surface area contributed by atoms with E-state index in [2.05, 4.69) is 34.2 Å². The van der Waals surface area contributed by atoms with Gasteiger partial charge in [-0.1, -0.05) is 66.7 Å². The summed E-state index contributed by atoms with van der Waals surface area (Å²) in [6.45, 7) is 0. The summed E-state index contributed by atoms with van der Waals surface area (Å²) < 4.78 is 1.67. The molecule has 0 aliphatic heterocycles. The molecule has 0 saturated heterocycles. The minimum Gasteiger partial charge on any atom is -0.269 e. The second-order valence-corrected chi connectivity index (χ2v) is 7.66. The summed E-state index contributed by atoms with van der Waals surface area (Å²) in [7, 11) is 0. The van der Waals surface area contributed by atoms with Gasteiger partial charge >= 0.3 is 0 Å². The predicted octanol–water partition coefficient (Wildman–Crippen LogP) is 5.66. The molecule has 3 heterocycles. The summed E-state index contributed by atoms with van der Waals surface area (Å²) in [5, 5.41) is 1.98. The van der Waals surface area contributed by atoms with E-state index in [1.165, 1.54) is 16.9 Å². The van der Waals surface area contributed by atoms with Crippen molar-refractivity contribution in [2.45, 2.75) is 0 Å². The van der Waals surface area contributed by atoms with E-state index in [9.17, 15) is 4.79 Å². The van der Waals surface area contributed by atoms with Crippen molar-refractivity contribution in [3.63, 3.8) is 0 Å². The van der Waals surface area contributed by atoms with Gasteiger partial charge in [-0.2, -0.15) is 0 Å². The number of aromatic nitrogens is 3. The fourth-order valence-electron chi connectivity index (χ4n) is 3.34. The monoisotopic (exact) mass is 407 g/mol. The molecule has 0 spiro atoms. The number of thiazole rings is 1. The molecule has 144 valence electrons. The molecule has 3 aromatic heterocycles. The summed E-state index contributed by atoms with van der Waals surface area (Å²) in [6.07, 6.45) is 7.24. The van der Waals surface area contributed by atoms with Crippen LogP contribution in [0.1, 0.15) is 11.3 Å². The van der Waals surface area contributed by atoms with E-state index in [1.807, 2.05) is 60.0 Å². The summed E-state index contributed by atoms with van der Waals surface area (Å²) in [5.41, 5.74) is 5.67. The number of hydrogen-bond donors (Lipinski definition) is 0. The largest absolute Gasteiger partial charge is 0.269 e. The van der Waals surface area contributed by atoms with Crippen molar-refractivity contribution in [1.82, 2.24) is 14.4 Å². The summed E-state index contributed by atoms with van der Waals surface area (Å²) in [4.78, 5) is 22.2. The van der Waals surface area contributed by atoms with Gasteiger partial charge < -0.3 is 0 Å². The first kappa shape index (κ1) is 18.2. The first-order chi connectivity index (χ1) is 14.8. The normalized spacial score (nSPS) is 11.3. The molecule has 5 aromatic rings. The first-order valence-corrected chi connectivity index (χ1v) is 10.4. The van der Waals surface area contributed by atoms with Crippen molar-refractivity contribution in [2.75, 3.05) is 0 Å². The average molecular weight is 407 g/mol. The molecular formula is C25H17N3OS. The molecule has 5 rings (SSSR count). The van der Waals surface area contributed by atoms with Crippen molar-refractivity contribution >= 4 is 28.4 Å². The number of benzene rings is 2. The third-order valence-corrected chi connectivity index (χ3v) is 5.67. The molecule has 4 nitrogen and oxygen atoms in total. The maximum atomic E-state index is 12.8. The number of nitrogens with zero attached hydrogens (tertiary/aromatic N) is 3. The zero-order valence-corrected chi connectivity index (χ0v) is 16.8. The Labute approximate surface area is 177 Å². The van der Waals surface area contributed by atoms with E-state index >= 15 is 0 Å². The minimum atomic E-state index is -0.0887. The summed E-state index contributed by atoms with van der Waals surface area (Å²) in [6, 6.07) is 23.9. The van der Waals surface area contributed by atoms with Gasteiger partial charge in [0.2, 0.25) is 0 Å². The molecule has 0 aliphatic carbocycles. The van der Waals surface area contributed by atoms with E-state index < -0.39 is 0 Å². The highest BCUT2D eigenvalue weighted by Crippen LogP contribution is 2.27. The molecular weight excluding hydrogens is 390 g/mol. The third-order valence-electron chi connectivity index (χ3n) is 4.84. The molecule has 0 aliphatic rings. The molecule has 0 N–H and O–H groups in total. The lowest BCUT2D eigenvalue weighted by molar-refractivity contribution is 1.08. The van der Waals surface area contributed by atoms with Gasteiger partial charge in [0.25, 0.3) is 5.56 Å². The van der Waals surface area contributed by atoms with Crippen LogP contribution in [-0.2, 0) is 0 Å². The van der Waals surface area contributed by atoms with Crippen LogP contribution in [0.4, 0.5) is 0 Å². The lowest BCUT2D eigenvalue weighted by Crippen LogP contribution is -2.13. The van der Waals surface area contributed by atoms with Gasteiger partial charge in [0, 0.05) is 23.8 Å². The van der Waals surface area contributed by atoms with Gasteiger partial charge in [0.05, 0.1) is 11.4 Å². The minimum absolute atomic E-state index is 0.0887. The second kappa shape index (κ2) is 7.89. The highest BCUT2D eigenvalue weighted by atomic mass is 32.1. The SMILES string of the molecule is O=c1cc(C=Cc2cccnc2)nc2scc(-c3ccc(-c4ccccc4)cc3)n12. The quantitative estimate of drug-likeness (QED) is 0.386. The van der Waals surface area contributed by atoms with Crippen LogP contribution in [-0.4, -0.2) is 14.4 Å². The average Bonchev–Trinajstić information content (AvgIpc) is 3.24. The summed E-state index contributed by atoms with van der Waals surface area (Å²) in [5.74, 6) is 0. The van der Waals surface area contributed by atoms with Crippen molar-refractivity contribution in [1.29, 1.82) is 0 Å². The topological polar surface area (TPSA) is 47.3 Å². The lowest BCUT2D eigenvalue weighted by atomic mass is 10.0. The lowest BCUT2D eigenvalue weighted by Gasteiger charge is -2.05. The standard InChI is InChI=1S/C25H17N3OS/c29-24-15-22(13-8-18-5-4-14-26-16-18)27-25-28(24)23(17-30-25)21-11-9-20(10-12-21)19-6-2-1-3-7-19/h1-17H. The molecule has 0 bridgehead atoms. The van der Waals surface area contributed by atoms with Crippen LogP contribution in [0.5, 0.6) is 0 Å². The third kappa shape index (κ3) is 3.58. The highest BCUT2D eigenvalue weighted by molar-refractivity contribution is 7.15. The Morgan fingerprint density at radius 2 is 1.60 bits per heavy atom. The fourth-order valence-corrected chi connectivity index (χ4v) is 4.25. The van der Waals surface area contributed by atoms with Crippen LogP contribution in [0.15, 0.2) is 95.4 Å². The Bertz CT molecular complexity index is 1390. The van der Waals surface area contributed by atoms with Crippen LogP contribution in [0.25, 0.3) is 39.5 Å². The Morgan fingerprint density at radius 3 is 2.37 bits per heavy atom. The maximum absolute atomic E-state index is 12.8. The van der Waals surface area contributed by atoms with Crippen molar-refractivity contribution in [3.8, 4) is 22.4 Å². The van der Waals surface area contributed by atoms with Crippen molar-refractivity contribution < 1.29 is 0 Å². The fraction of sp³-hybridized carbons (Fsp3) is 0. The van der Waals surface area contributed by atoms with E-state index in [0.717, 1.165) is 22.4 Å². The van der Waals surface area contributed by atoms with E-state index in [0.29, 0.717) is 10.7 Å². The molecule has 0 saturated carbocycles. The van der Waals surface area contributed by atoms with E-state index in [1.54, 1.807) is 22.9 Å². The van der Waals surface area contributed by atoms with Gasteiger partial charge in [-0.05, 0) is 34.4 Å². The molecule has 0 fully saturated rings. The van der Waals surface area contributed by atoms with E-state index in [4.69, 9.17) is 0 Å². The molecule has 2 aromatic carbocycles. The van der Waals surface area contributed by atoms with Gasteiger partial charge in [-0.25, -0.2) is 4.98 Å². The zero-order valence-electron chi connectivity index (χ0n) is 16.0. The first-order valence-electron chi connectivity index (χ1n) is 9.53. The molecule has 0 atom stereocenters. The zero-order chi connectivity index (χ0) is 20.3. The highest BCUT2D eigenvalue weighted by Gasteiger charge is 2.10. The molecule has 5 heteroatoms. The predicted molar refractivity (Wildman–Crippen MR) is 123 cm³/mol. The van der Waals surface area contributed by atoms with Gasteiger partial charge in [-0.3, -0.25) is 14.2 Å². The Balaban J connectivity index is 1.49. The summed E-state index contributed by atoms with van der Waals surface area (Å²) >= 11 is 1.46.